The van der Waals surface area contributed by atoms with Crippen LogP contribution in [0.5, 0.6) is 0 Å². The Balaban J connectivity index is 1.42. The van der Waals surface area contributed by atoms with Crippen molar-refractivity contribution in [3.05, 3.63) is 69.1 Å². The maximum atomic E-state index is 12.6. The molecule has 42 heavy (non-hydrogen) atoms. The molecule has 0 N–H and O–H groups in total. The number of carbonyl (C=O) groups is 6. The van der Waals surface area contributed by atoms with Gasteiger partial charge in [0.15, 0.2) is 0 Å². The average molecular weight is 603 g/mol. The van der Waals surface area contributed by atoms with Gasteiger partial charge < -0.3 is 0 Å². The van der Waals surface area contributed by atoms with Crippen LogP contribution in [0, 0.1) is 13.8 Å². The fourth-order valence-corrected chi connectivity index (χ4v) is 7.15. The zero-order valence-corrected chi connectivity index (χ0v) is 25.3. The van der Waals surface area contributed by atoms with Crippen molar-refractivity contribution < 1.29 is 28.8 Å². The van der Waals surface area contributed by atoms with Crippen LogP contribution in [0.25, 0.3) is 32.3 Å². The second-order valence-electron chi connectivity index (χ2n) is 10.0. The molecule has 0 unspecified atom stereocenters. The molecule has 214 valence electrons. The van der Waals surface area contributed by atoms with Crippen LogP contribution in [0.1, 0.15) is 21.6 Å². The van der Waals surface area contributed by atoms with Gasteiger partial charge >= 0.3 is 12.1 Å². The lowest BCUT2D eigenvalue weighted by molar-refractivity contribution is -0.135. The average Bonchev–Trinajstić information content (AvgIpc) is 3.55. The Morgan fingerprint density at radius 3 is 1.52 bits per heavy atom. The monoisotopic (exact) mass is 602 g/mol. The number of imide groups is 4. The van der Waals surface area contributed by atoms with E-state index in [4.69, 9.17) is 0 Å². The molecule has 0 aliphatic carbocycles. The molecule has 2 aromatic heterocycles. The van der Waals surface area contributed by atoms with Gasteiger partial charge in [0.25, 0.3) is 23.6 Å². The molecule has 10 nitrogen and oxygen atoms in total. The molecule has 0 saturated carbocycles. The third kappa shape index (κ3) is 4.78. The summed E-state index contributed by atoms with van der Waals surface area (Å²) in [6.45, 7) is 3.98. The zero-order chi connectivity index (χ0) is 30.6. The second-order valence-corrected chi connectivity index (χ2v) is 12.2. The number of barbiturate groups is 2. The standard InChI is InChI=1S/C30H26N4O6S2/c1-15-11-19(14-21-27(37)33(5)30(40)34(6)28(21)38)41-24(15)22-12-16(2)23(42-22)18-9-7-17(8-10-18)13-20-25(35)31(3)29(39)32(4)26(20)36/h7-14H,1-6H3. The first kappa shape index (κ1) is 28.8. The van der Waals surface area contributed by atoms with Crippen molar-refractivity contribution in [2.45, 2.75) is 13.8 Å². The molecule has 0 bridgehead atoms. The Hall–Kier alpha value is -4.68. The molecule has 1 aromatic carbocycles. The van der Waals surface area contributed by atoms with E-state index < -0.39 is 35.7 Å². The number of carbonyl (C=O) groups excluding carboxylic acids is 6. The predicted molar refractivity (Wildman–Crippen MR) is 160 cm³/mol. The number of aryl methyl sites for hydroxylation is 2. The van der Waals surface area contributed by atoms with Crippen LogP contribution in [0.4, 0.5) is 9.59 Å². The van der Waals surface area contributed by atoms with E-state index in [0.717, 1.165) is 55.8 Å². The topological polar surface area (TPSA) is 115 Å². The van der Waals surface area contributed by atoms with Crippen molar-refractivity contribution >= 4 is 70.5 Å². The molecule has 4 heterocycles. The van der Waals surface area contributed by atoms with Gasteiger partial charge in [0, 0.05) is 47.7 Å². The number of nitrogens with zero attached hydrogens (tertiary/aromatic N) is 4. The Morgan fingerprint density at radius 2 is 1.02 bits per heavy atom. The van der Waals surface area contributed by atoms with Gasteiger partial charge in [-0.2, -0.15) is 0 Å². The summed E-state index contributed by atoms with van der Waals surface area (Å²) < 4.78 is 0. The number of hydrogen-bond donors (Lipinski definition) is 0. The first-order chi connectivity index (χ1) is 19.8. The van der Waals surface area contributed by atoms with Gasteiger partial charge in [0.05, 0.1) is 0 Å². The highest BCUT2D eigenvalue weighted by atomic mass is 32.1. The summed E-state index contributed by atoms with van der Waals surface area (Å²) in [6.07, 6.45) is 3.02. The van der Waals surface area contributed by atoms with E-state index in [1.165, 1.54) is 51.7 Å². The third-order valence-electron chi connectivity index (χ3n) is 7.14. The minimum absolute atomic E-state index is 0.0629. The number of thiophene rings is 2. The van der Waals surface area contributed by atoms with Crippen LogP contribution in [0.3, 0.4) is 0 Å². The van der Waals surface area contributed by atoms with Gasteiger partial charge in [-0.15, -0.1) is 22.7 Å². The van der Waals surface area contributed by atoms with Gasteiger partial charge in [-0.3, -0.25) is 38.8 Å². The van der Waals surface area contributed by atoms with Crippen molar-refractivity contribution in [1.82, 2.24) is 19.6 Å². The van der Waals surface area contributed by atoms with E-state index in [1.54, 1.807) is 11.3 Å². The van der Waals surface area contributed by atoms with Crippen molar-refractivity contribution in [2.75, 3.05) is 28.2 Å². The Bertz CT molecular complexity index is 1730. The van der Waals surface area contributed by atoms with Crippen LogP contribution in [0.2, 0.25) is 0 Å². The van der Waals surface area contributed by atoms with Crippen LogP contribution in [-0.4, -0.2) is 83.5 Å². The Kier molecular flexibility index (Phi) is 7.29. The van der Waals surface area contributed by atoms with Crippen molar-refractivity contribution in [3.8, 4) is 20.2 Å². The molecule has 12 heteroatoms. The fraction of sp³-hybridized carbons (Fsp3) is 0.200. The van der Waals surface area contributed by atoms with Crippen molar-refractivity contribution in [2.24, 2.45) is 0 Å². The normalized spacial score (nSPS) is 16.3. The summed E-state index contributed by atoms with van der Waals surface area (Å²) in [5, 5.41) is 0. The van der Waals surface area contributed by atoms with Gasteiger partial charge in [-0.05, 0) is 60.4 Å². The Labute approximate surface area is 249 Å². The number of hydrogen-bond acceptors (Lipinski definition) is 8. The van der Waals surface area contributed by atoms with Crippen LogP contribution < -0.4 is 0 Å². The van der Waals surface area contributed by atoms with E-state index >= 15 is 0 Å². The highest BCUT2D eigenvalue weighted by Gasteiger charge is 2.39. The molecular formula is C30H26N4O6S2. The molecule has 2 aliphatic rings. The Morgan fingerprint density at radius 1 is 0.571 bits per heavy atom. The van der Waals surface area contributed by atoms with Crippen LogP contribution >= 0.6 is 22.7 Å². The van der Waals surface area contributed by atoms with Gasteiger partial charge in [-0.1, -0.05) is 24.3 Å². The van der Waals surface area contributed by atoms with E-state index in [0.29, 0.717) is 5.56 Å². The number of amides is 8. The highest BCUT2D eigenvalue weighted by molar-refractivity contribution is 7.24. The molecule has 2 saturated heterocycles. The van der Waals surface area contributed by atoms with Gasteiger partial charge in [0.2, 0.25) is 0 Å². The van der Waals surface area contributed by atoms with E-state index in [1.807, 2.05) is 44.2 Å². The third-order valence-corrected chi connectivity index (χ3v) is 9.79. The summed E-state index contributed by atoms with van der Waals surface area (Å²) in [5.41, 5.74) is 3.52. The minimum Gasteiger partial charge on any atom is -0.268 e. The number of rotatable bonds is 4. The summed E-state index contributed by atoms with van der Waals surface area (Å²) in [5.74, 6) is -2.54. The first-order valence-corrected chi connectivity index (χ1v) is 14.4. The van der Waals surface area contributed by atoms with Gasteiger partial charge in [0.1, 0.15) is 11.1 Å². The second kappa shape index (κ2) is 10.6. The number of likely N-dealkylation sites (N-methyl/N-ethyl adjacent to an activating group) is 4. The molecule has 0 radical (unpaired) electrons. The number of benzene rings is 1. The lowest BCUT2D eigenvalue weighted by Crippen LogP contribution is -2.52. The number of urea groups is 2. The summed E-state index contributed by atoms with van der Waals surface area (Å²) >= 11 is 3.06. The minimum atomic E-state index is -0.668. The van der Waals surface area contributed by atoms with Crippen LogP contribution in [0.15, 0.2) is 47.5 Å². The molecule has 3 aromatic rings. The quantitative estimate of drug-likeness (QED) is 0.318. The summed E-state index contributed by atoms with van der Waals surface area (Å²) in [7, 11) is 5.37. The molecule has 0 atom stereocenters. The van der Waals surface area contributed by atoms with Crippen molar-refractivity contribution in [1.29, 1.82) is 0 Å². The highest BCUT2D eigenvalue weighted by Crippen LogP contribution is 2.43. The van der Waals surface area contributed by atoms with E-state index in [2.05, 4.69) is 6.07 Å². The maximum Gasteiger partial charge on any atom is 0.333 e. The van der Waals surface area contributed by atoms with E-state index in [9.17, 15) is 28.8 Å². The molecule has 5 rings (SSSR count). The summed E-state index contributed by atoms with van der Waals surface area (Å²) in [6, 6.07) is 10.1. The smallest absolute Gasteiger partial charge is 0.268 e. The largest absolute Gasteiger partial charge is 0.333 e. The summed E-state index contributed by atoms with van der Waals surface area (Å²) in [4.78, 5) is 81.8. The van der Waals surface area contributed by atoms with E-state index in [-0.39, 0.29) is 11.1 Å². The van der Waals surface area contributed by atoms with Gasteiger partial charge in [-0.25, -0.2) is 9.59 Å². The molecular weight excluding hydrogens is 576 g/mol. The molecule has 2 aliphatic heterocycles. The lowest BCUT2D eigenvalue weighted by Gasteiger charge is -2.28. The van der Waals surface area contributed by atoms with Crippen molar-refractivity contribution in [3.63, 3.8) is 0 Å². The fourth-order valence-electron chi connectivity index (χ4n) is 4.69. The molecule has 2 fully saturated rings. The maximum absolute atomic E-state index is 12.6. The lowest BCUT2D eigenvalue weighted by atomic mass is 10.0. The SMILES string of the molecule is Cc1cc(-c2sc(C=C3C(=O)N(C)C(=O)N(C)C3=O)cc2C)sc1-c1ccc(C=C2C(=O)N(C)C(=O)N(C)C2=O)cc1. The molecule has 8 amide bonds. The van der Waals surface area contributed by atoms with Crippen LogP contribution in [-0.2, 0) is 19.2 Å². The zero-order valence-electron chi connectivity index (χ0n) is 23.7. The molecule has 0 spiro atoms. The predicted octanol–water partition coefficient (Wildman–Crippen LogP) is 4.63. The first-order valence-electron chi connectivity index (χ1n) is 12.7.